The van der Waals surface area contributed by atoms with E-state index in [1.807, 2.05) is 12.1 Å². The van der Waals surface area contributed by atoms with Crippen molar-refractivity contribution < 1.29 is 4.74 Å². The molecule has 1 heterocycles. The lowest BCUT2D eigenvalue weighted by Gasteiger charge is -2.20. The van der Waals surface area contributed by atoms with Crippen LogP contribution < -0.4 is 5.32 Å². The first-order chi connectivity index (χ1) is 7.83. The zero-order chi connectivity index (χ0) is 11.4. The molecular formula is C12H15N3O. The third-order valence-corrected chi connectivity index (χ3v) is 2.98. The highest BCUT2D eigenvalue weighted by atomic mass is 16.5. The van der Waals surface area contributed by atoms with Gasteiger partial charge in [0, 0.05) is 19.0 Å². The van der Waals surface area contributed by atoms with Crippen LogP contribution in [-0.4, -0.2) is 24.2 Å². The van der Waals surface area contributed by atoms with E-state index in [-0.39, 0.29) is 6.10 Å². The summed E-state index contributed by atoms with van der Waals surface area (Å²) in [5, 5.41) is 12.2. The second-order valence-electron chi connectivity index (χ2n) is 4.00. The summed E-state index contributed by atoms with van der Waals surface area (Å²) in [7, 11) is 1.75. The minimum Gasteiger partial charge on any atom is -0.380 e. The van der Waals surface area contributed by atoms with Gasteiger partial charge in [-0.05, 0) is 31.4 Å². The van der Waals surface area contributed by atoms with Crippen molar-refractivity contribution in [2.45, 2.75) is 31.4 Å². The molecule has 0 spiro atoms. The lowest BCUT2D eigenvalue weighted by atomic mass is 10.2. The van der Waals surface area contributed by atoms with Crippen molar-refractivity contribution in [3.63, 3.8) is 0 Å². The average Bonchev–Trinajstić information content (AvgIpc) is 2.76. The second kappa shape index (κ2) is 4.95. The van der Waals surface area contributed by atoms with Crippen LogP contribution >= 0.6 is 0 Å². The van der Waals surface area contributed by atoms with E-state index in [1.165, 1.54) is 6.42 Å². The van der Waals surface area contributed by atoms with Crippen LogP contribution in [0.5, 0.6) is 0 Å². The van der Waals surface area contributed by atoms with Crippen molar-refractivity contribution in [3.05, 3.63) is 24.0 Å². The van der Waals surface area contributed by atoms with Gasteiger partial charge < -0.3 is 10.1 Å². The predicted octanol–water partition coefficient (Wildman–Crippen LogP) is 1.93. The van der Waals surface area contributed by atoms with E-state index in [2.05, 4.69) is 10.3 Å². The van der Waals surface area contributed by atoms with Gasteiger partial charge in [-0.2, -0.15) is 5.26 Å². The molecule has 1 aromatic rings. The van der Waals surface area contributed by atoms with Crippen LogP contribution in [0.4, 0.5) is 5.69 Å². The van der Waals surface area contributed by atoms with Crippen molar-refractivity contribution in [2.75, 3.05) is 12.4 Å². The molecule has 0 amide bonds. The molecule has 1 aromatic heterocycles. The minimum absolute atomic E-state index is 0.277. The summed E-state index contributed by atoms with van der Waals surface area (Å²) in [6.45, 7) is 0. The topological polar surface area (TPSA) is 57.9 Å². The molecule has 2 unspecified atom stereocenters. The quantitative estimate of drug-likeness (QED) is 0.840. The molecule has 1 saturated carbocycles. The molecule has 0 aliphatic heterocycles. The summed E-state index contributed by atoms with van der Waals surface area (Å²) in [4.78, 5) is 3.94. The molecule has 0 aromatic carbocycles. The van der Waals surface area contributed by atoms with Gasteiger partial charge in [0.1, 0.15) is 11.8 Å². The minimum atomic E-state index is 0.277. The molecule has 1 aliphatic carbocycles. The lowest BCUT2D eigenvalue weighted by molar-refractivity contribution is 0.101. The number of aromatic nitrogens is 1. The molecule has 1 fully saturated rings. The van der Waals surface area contributed by atoms with Crippen LogP contribution in [0.15, 0.2) is 18.3 Å². The number of ether oxygens (including phenoxy) is 1. The first-order valence-electron chi connectivity index (χ1n) is 5.49. The summed E-state index contributed by atoms with van der Waals surface area (Å²) in [6, 6.07) is 6.03. The third kappa shape index (κ3) is 2.31. The fourth-order valence-electron chi connectivity index (χ4n) is 2.17. The summed E-state index contributed by atoms with van der Waals surface area (Å²) in [6.07, 6.45) is 5.33. The first kappa shape index (κ1) is 10.9. The largest absolute Gasteiger partial charge is 0.380 e. The van der Waals surface area contributed by atoms with Crippen molar-refractivity contribution in [1.82, 2.24) is 4.98 Å². The fourth-order valence-corrected chi connectivity index (χ4v) is 2.17. The summed E-state index contributed by atoms with van der Waals surface area (Å²) >= 11 is 0. The van der Waals surface area contributed by atoms with Crippen LogP contribution in [0.3, 0.4) is 0 Å². The molecule has 16 heavy (non-hydrogen) atoms. The van der Waals surface area contributed by atoms with Gasteiger partial charge in [-0.15, -0.1) is 0 Å². The Labute approximate surface area is 95.3 Å². The molecule has 84 valence electrons. The molecule has 2 atom stereocenters. The molecule has 4 nitrogen and oxygen atoms in total. The fraction of sp³-hybridized carbons (Fsp3) is 0.500. The van der Waals surface area contributed by atoms with Gasteiger partial charge in [0.25, 0.3) is 0 Å². The zero-order valence-electron chi connectivity index (χ0n) is 9.31. The van der Waals surface area contributed by atoms with Crippen molar-refractivity contribution >= 4 is 5.69 Å². The van der Waals surface area contributed by atoms with Crippen molar-refractivity contribution in [3.8, 4) is 6.07 Å². The number of pyridine rings is 1. The Morgan fingerprint density at radius 2 is 2.44 bits per heavy atom. The highest BCUT2D eigenvalue weighted by molar-refractivity contribution is 5.47. The van der Waals surface area contributed by atoms with Crippen molar-refractivity contribution in [2.24, 2.45) is 0 Å². The number of rotatable bonds is 3. The molecule has 0 radical (unpaired) electrons. The molecule has 1 aliphatic rings. The predicted molar refractivity (Wildman–Crippen MR) is 61.0 cm³/mol. The van der Waals surface area contributed by atoms with Crippen LogP contribution in [-0.2, 0) is 4.74 Å². The van der Waals surface area contributed by atoms with Gasteiger partial charge in [0.2, 0.25) is 0 Å². The maximum atomic E-state index is 8.76. The summed E-state index contributed by atoms with van der Waals surface area (Å²) in [5.74, 6) is 0. The SMILES string of the molecule is COC1CCCC1Nc1ccnc(C#N)c1. The molecule has 4 heteroatoms. The number of hydrogen-bond donors (Lipinski definition) is 1. The van der Waals surface area contributed by atoms with Gasteiger partial charge in [0.05, 0.1) is 12.1 Å². The number of anilines is 1. The number of methoxy groups -OCH3 is 1. The molecule has 0 saturated heterocycles. The Hall–Kier alpha value is -1.60. The van der Waals surface area contributed by atoms with Gasteiger partial charge in [-0.1, -0.05) is 0 Å². The van der Waals surface area contributed by atoms with E-state index in [9.17, 15) is 0 Å². The number of hydrogen-bond acceptors (Lipinski definition) is 4. The van der Waals surface area contributed by atoms with Crippen molar-refractivity contribution in [1.29, 1.82) is 5.26 Å². The Bertz CT molecular complexity index is 399. The van der Waals surface area contributed by atoms with E-state index in [0.29, 0.717) is 11.7 Å². The lowest BCUT2D eigenvalue weighted by Crippen LogP contribution is -2.29. The average molecular weight is 217 g/mol. The molecular weight excluding hydrogens is 202 g/mol. The third-order valence-electron chi connectivity index (χ3n) is 2.98. The zero-order valence-corrected chi connectivity index (χ0v) is 9.31. The first-order valence-corrected chi connectivity index (χ1v) is 5.49. The van der Waals surface area contributed by atoms with Crippen LogP contribution in [0.25, 0.3) is 0 Å². The maximum Gasteiger partial charge on any atom is 0.142 e. The van der Waals surface area contributed by atoms with Crippen LogP contribution in [0, 0.1) is 11.3 Å². The molecule has 2 rings (SSSR count). The Morgan fingerprint density at radius 1 is 1.56 bits per heavy atom. The van der Waals surface area contributed by atoms with E-state index in [0.717, 1.165) is 18.5 Å². The highest BCUT2D eigenvalue weighted by Crippen LogP contribution is 2.25. The van der Waals surface area contributed by atoms with Gasteiger partial charge in [-0.3, -0.25) is 0 Å². The summed E-state index contributed by atoms with van der Waals surface area (Å²) in [5.41, 5.74) is 1.39. The smallest absolute Gasteiger partial charge is 0.142 e. The number of nitriles is 1. The van der Waals surface area contributed by atoms with Gasteiger partial charge in [-0.25, -0.2) is 4.98 Å². The highest BCUT2D eigenvalue weighted by Gasteiger charge is 2.26. The van der Waals surface area contributed by atoms with E-state index in [4.69, 9.17) is 10.00 Å². The Morgan fingerprint density at radius 3 is 3.19 bits per heavy atom. The van der Waals surface area contributed by atoms with Crippen LogP contribution in [0.2, 0.25) is 0 Å². The van der Waals surface area contributed by atoms with E-state index >= 15 is 0 Å². The number of nitrogens with zero attached hydrogens (tertiary/aromatic N) is 2. The van der Waals surface area contributed by atoms with Crippen LogP contribution in [0.1, 0.15) is 25.0 Å². The van der Waals surface area contributed by atoms with E-state index < -0.39 is 0 Å². The van der Waals surface area contributed by atoms with Gasteiger partial charge in [0.15, 0.2) is 0 Å². The Kier molecular flexibility index (Phi) is 3.37. The normalized spacial score (nSPS) is 24.0. The van der Waals surface area contributed by atoms with E-state index in [1.54, 1.807) is 19.4 Å². The van der Waals surface area contributed by atoms with Gasteiger partial charge >= 0.3 is 0 Å². The second-order valence-corrected chi connectivity index (χ2v) is 4.00. The Balaban J connectivity index is 2.06. The maximum absolute atomic E-state index is 8.76. The molecule has 0 bridgehead atoms. The summed E-state index contributed by atoms with van der Waals surface area (Å²) < 4.78 is 5.41. The number of nitrogens with one attached hydrogen (secondary N) is 1. The standard InChI is InChI=1S/C12H15N3O/c1-16-12-4-2-3-11(12)15-9-5-6-14-10(7-9)8-13/h5-7,11-12H,2-4H2,1H3,(H,14,15). The molecule has 1 N–H and O–H groups in total. The monoisotopic (exact) mass is 217 g/mol.